The van der Waals surface area contributed by atoms with Gasteiger partial charge >= 0.3 is 17.5 Å². The number of carbonyl (C=O) groups excluding carboxylic acids is 1. The lowest BCUT2D eigenvalue weighted by Gasteiger charge is -2.24. The van der Waals surface area contributed by atoms with Crippen LogP contribution in [0.25, 0.3) is 0 Å². The third-order valence-corrected chi connectivity index (χ3v) is 6.86. The Balaban J connectivity index is 1.99. The molecule has 1 aromatic carbocycles. The molecule has 1 aromatic rings. The number of hydrogen-bond acceptors (Lipinski definition) is 4. The number of halogens is 3. The molecule has 0 heterocycles. The molecule has 5 nitrogen and oxygen atoms in total. The van der Waals surface area contributed by atoms with Gasteiger partial charge in [0.2, 0.25) is 0 Å². The van der Waals surface area contributed by atoms with Gasteiger partial charge in [-0.15, -0.1) is 11.8 Å². The Labute approximate surface area is 194 Å². The Hall–Kier alpha value is -2.07. The molecule has 0 bridgehead atoms. The van der Waals surface area contributed by atoms with Gasteiger partial charge in [-0.25, -0.2) is 4.79 Å². The molecule has 1 atom stereocenters. The van der Waals surface area contributed by atoms with Crippen molar-refractivity contribution in [1.82, 2.24) is 10.2 Å². The van der Waals surface area contributed by atoms with Crippen LogP contribution in [0.2, 0.25) is 0 Å². The SMILES string of the molecule is C/C(=C\C=C(/C)SC(F)(F)F)NC(=O)N(C)C1Cc2ccc(SC(C)(C)C(=O)O)cc2C1. The van der Waals surface area contributed by atoms with Crippen LogP contribution >= 0.6 is 23.5 Å². The molecule has 1 aliphatic carbocycles. The zero-order valence-corrected chi connectivity index (χ0v) is 20.2. The van der Waals surface area contributed by atoms with Gasteiger partial charge in [-0.05, 0) is 86.5 Å². The van der Waals surface area contributed by atoms with Crippen molar-refractivity contribution >= 4 is 35.5 Å². The number of allylic oxidation sites excluding steroid dienone is 4. The minimum absolute atomic E-state index is 0.0661. The molecular weight excluding hydrogens is 461 g/mol. The van der Waals surface area contributed by atoms with Crippen molar-refractivity contribution in [1.29, 1.82) is 0 Å². The number of carboxylic acids is 1. The third-order valence-electron chi connectivity index (χ3n) is 4.99. The number of aliphatic carboxylic acids is 1. The number of nitrogens with one attached hydrogen (secondary N) is 1. The van der Waals surface area contributed by atoms with Crippen molar-refractivity contribution in [2.45, 2.75) is 61.7 Å². The Morgan fingerprint density at radius 3 is 2.38 bits per heavy atom. The Morgan fingerprint density at radius 2 is 1.78 bits per heavy atom. The molecule has 2 N–H and O–H groups in total. The first-order chi connectivity index (χ1) is 14.7. The van der Waals surface area contributed by atoms with E-state index in [0.29, 0.717) is 18.5 Å². The highest BCUT2D eigenvalue weighted by Crippen LogP contribution is 2.37. The molecule has 0 saturated heterocycles. The van der Waals surface area contributed by atoms with Crippen LogP contribution in [0, 0.1) is 0 Å². The number of rotatable bonds is 7. The van der Waals surface area contributed by atoms with Gasteiger partial charge < -0.3 is 15.3 Å². The molecule has 1 aliphatic rings. The largest absolute Gasteiger partial charge is 0.480 e. The van der Waals surface area contributed by atoms with E-state index in [9.17, 15) is 27.9 Å². The van der Waals surface area contributed by atoms with Gasteiger partial charge in [0.15, 0.2) is 0 Å². The molecule has 2 amide bonds. The van der Waals surface area contributed by atoms with Crippen molar-refractivity contribution in [3.05, 3.63) is 52.1 Å². The predicted octanol–water partition coefficient (Wildman–Crippen LogP) is 5.81. The molecule has 0 radical (unpaired) electrons. The highest BCUT2D eigenvalue weighted by atomic mass is 32.2. The average molecular weight is 489 g/mol. The van der Waals surface area contributed by atoms with Crippen LogP contribution in [-0.2, 0) is 17.6 Å². The fourth-order valence-corrected chi connectivity index (χ4v) is 4.69. The summed E-state index contributed by atoms with van der Waals surface area (Å²) in [6.45, 7) is 6.28. The molecule has 0 saturated carbocycles. The van der Waals surface area contributed by atoms with Gasteiger partial charge in [0.05, 0.1) is 0 Å². The number of thioether (sulfide) groups is 2. The summed E-state index contributed by atoms with van der Waals surface area (Å²) in [7, 11) is 1.68. The number of fused-ring (bicyclic) bond motifs is 1. The number of alkyl halides is 3. The normalized spacial score (nSPS) is 17.2. The topological polar surface area (TPSA) is 69.6 Å². The van der Waals surface area contributed by atoms with E-state index in [1.807, 2.05) is 18.2 Å². The standard InChI is InChI=1S/C22H27F3N2O3S2/c1-13(6-7-14(2)31-22(23,24)25)26-20(30)27(5)17-10-15-8-9-18(12-16(15)11-17)32-21(3,4)19(28)29/h6-9,12,17H,10-11H2,1-5H3,(H,26,30)(H,28,29)/b13-6+,14-7+. The molecule has 32 heavy (non-hydrogen) atoms. The van der Waals surface area contributed by atoms with Crippen LogP contribution in [0.4, 0.5) is 18.0 Å². The number of likely N-dealkylation sites (N-methyl/N-ethyl adjacent to an activating group) is 1. The first kappa shape index (κ1) is 26.2. The average Bonchev–Trinajstić information content (AvgIpc) is 3.07. The molecule has 0 aliphatic heterocycles. The molecule has 0 fully saturated rings. The fraction of sp³-hybridized carbons (Fsp3) is 0.455. The number of amides is 2. The maximum absolute atomic E-state index is 12.6. The first-order valence-corrected chi connectivity index (χ1v) is 11.5. The van der Waals surface area contributed by atoms with Crippen LogP contribution in [0.5, 0.6) is 0 Å². The molecule has 10 heteroatoms. The Morgan fingerprint density at radius 1 is 1.16 bits per heavy atom. The van der Waals surface area contributed by atoms with E-state index in [2.05, 4.69) is 5.32 Å². The van der Waals surface area contributed by atoms with Crippen LogP contribution < -0.4 is 5.32 Å². The van der Waals surface area contributed by atoms with E-state index in [4.69, 9.17) is 0 Å². The second-order valence-corrected chi connectivity index (χ2v) is 11.1. The van der Waals surface area contributed by atoms with Gasteiger partial charge in [0, 0.05) is 23.7 Å². The van der Waals surface area contributed by atoms with E-state index in [1.54, 1.807) is 32.7 Å². The summed E-state index contributed by atoms with van der Waals surface area (Å²) in [5.74, 6) is -0.886. The van der Waals surface area contributed by atoms with E-state index in [1.165, 1.54) is 30.8 Å². The molecule has 2 rings (SSSR count). The first-order valence-electron chi connectivity index (χ1n) is 9.87. The van der Waals surface area contributed by atoms with Gasteiger partial charge in [0.25, 0.3) is 0 Å². The molecule has 0 aromatic heterocycles. The summed E-state index contributed by atoms with van der Waals surface area (Å²) in [5.41, 5.74) is -1.71. The van der Waals surface area contributed by atoms with Gasteiger partial charge in [-0.2, -0.15) is 13.2 Å². The molecule has 0 spiro atoms. The van der Waals surface area contributed by atoms with Gasteiger partial charge in [-0.3, -0.25) is 4.79 Å². The van der Waals surface area contributed by atoms with E-state index in [0.717, 1.165) is 16.0 Å². The van der Waals surface area contributed by atoms with E-state index in [-0.39, 0.29) is 28.7 Å². The van der Waals surface area contributed by atoms with Crippen molar-refractivity contribution in [2.24, 2.45) is 0 Å². The molecular formula is C22H27F3N2O3S2. The van der Waals surface area contributed by atoms with Gasteiger partial charge in [-0.1, -0.05) is 12.1 Å². The van der Waals surface area contributed by atoms with Crippen LogP contribution in [0.1, 0.15) is 38.8 Å². The van der Waals surface area contributed by atoms with Crippen molar-refractivity contribution in [3.63, 3.8) is 0 Å². The second-order valence-electron chi connectivity index (χ2n) is 8.13. The smallest absolute Gasteiger partial charge is 0.446 e. The summed E-state index contributed by atoms with van der Waals surface area (Å²) in [6, 6.07) is 5.44. The molecule has 1 unspecified atom stereocenters. The van der Waals surface area contributed by atoms with E-state index < -0.39 is 16.2 Å². The zero-order chi connectivity index (χ0) is 24.3. The maximum Gasteiger partial charge on any atom is 0.446 e. The predicted molar refractivity (Wildman–Crippen MR) is 123 cm³/mol. The lowest BCUT2D eigenvalue weighted by molar-refractivity contribution is -0.138. The Kier molecular flexibility index (Phi) is 8.38. The number of hydrogen-bond donors (Lipinski definition) is 2. The van der Waals surface area contributed by atoms with E-state index >= 15 is 0 Å². The van der Waals surface area contributed by atoms with Crippen LogP contribution in [-0.4, -0.2) is 45.4 Å². The number of nitrogens with zero attached hydrogens (tertiary/aromatic N) is 1. The number of urea groups is 1. The molecule has 176 valence electrons. The number of carboxylic acid groups (broad SMARTS) is 1. The highest BCUT2D eigenvalue weighted by Gasteiger charge is 2.31. The summed E-state index contributed by atoms with van der Waals surface area (Å²) < 4.78 is 36.2. The Bertz CT molecular complexity index is 943. The fourth-order valence-electron chi connectivity index (χ4n) is 3.17. The zero-order valence-electron chi connectivity index (χ0n) is 18.5. The van der Waals surface area contributed by atoms with Crippen molar-refractivity contribution < 1.29 is 27.9 Å². The second kappa shape index (κ2) is 10.2. The number of carbonyl (C=O) groups is 2. The minimum Gasteiger partial charge on any atom is -0.480 e. The summed E-state index contributed by atoms with van der Waals surface area (Å²) in [5, 5.41) is 12.0. The van der Waals surface area contributed by atoms with Crippen molar-refractivity contribution in [2.75, 3.05) is 7.05 Å². The minimum atomic E-state index is -4.34. The number of benzene rings is 1. The summed E-state index contributed by atoms with van der Waals surface area (Å²) in [6.07, 6.45) is 4.08. The quantitative estimate of drug-likeness (QED) is 0.374. The maximum atomic E-state index is 12.6. The monoisotopic (exact) mass is 488 g/mol. The van der Waals surface area contributed by atoms with Crippen LogP contribution in [0.3, 0.4) is 0 Å². The summed E-state index contributed by atoms with van der Waals surface area (Å²) >= 11 is 1.08. The highest BCUT2D eigenvalue weighted by molar-refractivity contribution is 8.03. The third kappa shape index (κ3) is 7.51. The van der Waals surface area contributed by atoms with Crippen LogP contribution in [0.15, 0.2) is 45.8 Å². The van der Waals surface area contributed by atoms with Gasteiger partial charge in [0.1, 0.15) is 4.75 Å². The van der Waals surface area contributed by atoms with Crippen molar-refractivity contribution in [3.8, 4) is 0 Å². The lowest BCUT2D eigenvalue weighted by atomic mass is 10.1. The summed E-state index contributed by atoms with van der Waals surface area (Å²) in [4.78, 5) is 26.5. The lowest BCUT2D eigenvalue weighted by Crippen LogP contribution is -2.43.